The van der Waals surface area contributed by atoms with Crippen molar-refractivity contribution in [3.8, 4) is 0 Å². The van der Waals surface area contributed by atoms with Crippen LogP contribution in [0.1, 0.15) is 18.9 Å². The van der Waals surface area contributed by atoms with Crippen LogP contribution in [0.4, 0.5) is 13.2 Å². The molecule has 1 aromatic carbocycles. The minimum Gasteiger partial charge on any atom is -0.350 e. The highest BCUT2D eigenvalue weighted by Crippen LogP contribution is 2.27. The van der Waals surface area contributed by atoms with Crippen LogP contribution >= 0.6 is 0 Å². The first kappa shape index (κ1) is 18.0. The lowest BCUT2D eigenvalue weighted by Gasteiger charge is -2.20. The zero-order valence-corrected chi connectivity index (χ0v) is 13.9. The zero-order chi connectivity index (χ0) is 18.8. The van der Waals surface area contributed by atoms with E-state index in [1.54, 1.807) is 13.0 Å². The molecular formula is C19H16F3N2O2. The normalized spacial score (nSPS) is 15.8. The SMILES string of the molecule is C[C@H](NC(=O)Cc1cc2c(F)cccc2[nH]c1=O)C1=C(F)C=C(F)[CH]C1. The van der Waals surface area contributed by atoms with Crippen molar-refractivity contribution in [1.82, 2.24) is 10.3 Å². The fourth-order valence-corrected chi connectivity index (χ4v) is 2.88. The fraction of sp³-hybridized carbons (Fsp3) is 0.211. The Labute approximate surface area is 147 Å². The van der Waals surface area contributed by atoms with E-state index in [1.807, 2.05) is 0 Å². The van der Waals surface area contributed by atoms with Gasteiger partial charge in [-0.05, 0) is 37.1 Å². The molecule has 0 bridgehead atoms. The highest BCUT2D eigenvalue weighted by Gasteiger charge is 2.21. The molecule has 0 fully saturated rings. The van der Waals surface area contributed by atoms with E-state index < -0.39 is 35.0 Å². The lowest BCUT2D eigenvalue weighted by molar-refractivity contribution is -0.120. The number of allylic oxidation sites excluding steroid dienone is 3. The molecule has 0 spiro atoms. The highest BCUT2D eigenvalue weighted by molar-refractivity contribution is 5.83. The number of pyridine rings is 1. The number of H-pyrrole nitrogens is 1. The summed E-state index contributed by atoms with van der Waals surface area (Å²) >= 11 is 0. The van der Waals surface area contributed by atoms with Gasteiger partial charge in [-0.15, -0.1) is 0 Å². The predicted octanol–water partition coefficient (Wildman–Crippen LogP) is 3.40. The van der Waals surface area contributed by atoms with E-state index in [4.69, 9.17) is 0 Å². The monoisotopic (exact) mass is 361 g/mol. The highest BCUT2D eigenvalue weighted by atomic mass is 19.1. The maximum atomic E-state index is 13.9. The van der Waals surface area contributed by atoms with Crippen molar-refractivity contribution in [2.45, 2.75) is 25.8 Å². The summed E-state index contributed by atoms with van der Waals surface area (Å²) in [4.78, 5) is 26.8. The molecule has 7 heteroatoms. The average molecular weight is 361 g/mol. The summed E-state index contributed by atoms with van der Waals surface area (Å²) < 4.78 is 40.7. The summed E-state index contributed by atoms with van der Waals surface area (Å²) in [6.07, 6.45) is 1.75. The Hall–Kier alpha value is -2.83. The predicted molar refractivity (Wildman–Crippen MR) is 92.1 cm³/mol. The van der Waals surface area contributed by atoms with Gasteiger partial charge in [0, 0.05) is 23.4 Å². The van der Waals surface area contributed by atoms with Gasteiger partial charge in [0.25, 0.3) is 5.56 Å². The van der Waals surface area contributed by atoms with Crippen LogP contribution < -0.4 is 10.9 Å². The van der Waals surface area contributed by atoms with Crippen LogP contribution in [0.3, 0.4) is 0 Å². The van der Waals surface area contributed by atoms with Gasteiger partial charge in [-0.1, -0.05) is 6.07 Å². The molecule has 2 N–H and O–H groups in total. The number of carbonyl (C=O) groups is 1. The maximum absolute atomic E-state index is 13.9. The number of amides is 1. The third-order valence-corrected chi connectivity index (χ3v) is 4.25. The van der Waals surface area contributed by atoms with Crippen molar-refractivity contribution >= 4 is 16.8 Å². The van der Waals surface area contributed by atoms with E-state index in [9.17, 15) is 22.8 Å². The van der Waals surface area contributed by atoms with E-state index in [2.05, 4.69) is 10.3 Å². The molecule has 4 nitrogen and oxygen atoms in total. The fourth-order valence-electron chi connectivity index (χ4n) is 2.88. The van der Waals surface area contributed by atoms with E-state index in [-0.39, 0.29) is 29.4 Å². The topological polar surface area (TPSA) is 62.0 Å². The first-order valence-corrected chi connectivity index (χ1v) is 8.04. The molecule has 1 atom stereocenters. The van der Waals surface area contributed by atoms with Crippen molar-refractivity contribution < 1.29 is 18.0 Å². The van der Waals surface area contributed by atoms with Crippen LogP contribution in [0.25, 0.3) is 10.9 Å². The van der Waals surface area contributed by atoms with Gasteiger partial charge in [-0.25, -0.2) is 13.2 Å². The standard InChI is InChI=1S/C19H16F3N2O2/c1-10(13-6-5-12(20)9-16(13)22)23-18(25)8-11-7-14-15(21)3-2-4-17(14)24-19(11)26/h2-5,7,9-10H,6,8H2,1H3,(H,23,25)(H,24,26)/t10-/m0/s1. The molecular weight excluding hydrogens is 345 g/mol. The van der Waals surface area contributed by atoms with Crippen molar-refractivity contribution in [2.75, 3.05) is 0 Å². The van der Waals surface area contributed by atoms with Gasteiger partial charge in [-0.3, -0.25) is 9.59 Å². The van der Waals surface area contributed by atoms with E-state index >= 15 is 0 Å². The summed E-state index contributed by atoms with van der Waals surface area (Å²) in [6, 6.07) is 4.96. The number of hydrogen-bond donors (Lipinski definition) is 2. The molecule has 0 saturated carbocycles. The van der Waals surface area contributed by atoms with E-state index in [0.29, 0.717) is 5.52 Å². The van der Waals surface area contributed by atoms with Crippen molar-refractivity contribution in [2.24, 2.45) is 0 Å². The van der Waals surface area contributed by atoms with Crippen LogP contribution in [0.15, 0.2) is 52.4 Å². The second-order valence-corrected chi connectivity index (χ2v) is 6.10. The minimum absolute atomic E-state index is 0.0530. The Morgan fingerprint density at radius 2 is 2.08 bits per heavy atom. The van der Waals surface area contributed by atoms with Gasteiger partial charge in [0.05, 0.1) is 18.0 Å². The van der Waals surface area contributed by atoms with Crippen LogP contribution in [-0.4, -0.2) is 16.9 Å². The van der Waals surface area contributed by atoms with Gasteiger partial charge < -0.3 is 10.3 Å². The van der Waals surface area contributed by atoms with Crippen LogP contribution in [0, 0.1) is 12.2 Å². The van der Waals surface area contributed by atoms with Crippen LogP contribution in [-0.2, 0) is 11.2 Å². The van der Waals surface area contributed by atoms with Crippen molar-refractivity contribution in [1.29, 1.82) is 0 Å². The quantitative estimate of drug-likeness (QED) is 0.877. The number of halogens is 3. The number of aromatic amines is 1. The van der Waals surface area contributed by atoms with Gasteiger partial charge >= 0.3 is 0 Å². The molecule has 0 saturated heterocycles. The van der Waals surface area contributed by atoms with Gasteiger partial charge in [0.15, 0.2) is 0 Å². The lowest BCUT2D eigenvalue weighted by Crippen LogP contribution is -2.36. The molecule has 1 radical (unpaired) electrons. The first-order valence-electron chi connectivity index (χ1n) is 8.04. The van der Waals surface area contributed by atoms with Gasteiger partial charge in [0.1, 0.15) is 17.5 Å². The Balaban J connectivity index is 1.77. The largest absolute Gasteiger partial charge is 0.350 e. The second-order valence-electron chi connectivity index (χ2n) is 6.10. The van der Waals surface area contributed by atoms with E-state index in [0.717, 1.165) is 6.08 Å². The molecule has 26 heavy (non-hydrogen) atoms. The molecule has 1 heterocycles. The number of fused-ring (bicyclic) bond motifs is 1. The van der Waals surface area contributed by atoms with Gasteiger partial charge in [-0.2, -0.15) is 0 Å². The Morgan fingerprint density at radius 3 is 2.81 bits per heavy atom. The number of nitrogens with one attached hydrogen (secondary N) is 2. The molecule has 2 aromatic rings. The number of aromatic nitrogens is 1. The number of carbonyl (C=O) groups excluding carboxylic acids is 1. The Morgan fingerprint density at radius 1 is 1.31 bits per heavy atom. The molecule has 1 aliphatic rings. The molecule has 0 unspecified atom stereocenters. The minimum atomic E-state index is -0.719. The summed E-state index contributed by atoms with van der Waals surface area (Å²) in [5.41, 5.74) is 0.194. The molecule has 135 valence electrons. The van der Waals surface area contributed by atoms with E-state index in [1.165, 1.54) is 24.6 Å². The smallest absolute Gasteiger partial charge is 0.252 e. The summed E-state index contributed by atoms with van der Waals surface area (Å²) in [5.74, 6) is -2.40. The average Bonchev–Trinajstić information content (AvgIpc) is 2.56. The summed E-state index contributed by atoms with van der Waals surface area (Å²) in [6.45, 7) is 1.57. The second kappa shape index (κ2) is 7.19. The molecule has 1 aromatic heterocycles. The molecule has 1 amide bonds. The molecule has 0 aliphatic heterocycles. The Bertz CT molecular complexity index is 992. The number of hydrogen-bond acceptors (Lipinski definition) is 2. The van der Waals surface area contributed by atoms with Gasteiger partial charge in [0.2, 0.25) is 5.91 Å². The molecule has 3 rings (SSSR count). The van der Waals surface area contributed by atoms with Crippen LogP contribution in [0.5, 0.6) is 0 Å². The van der Waals surface area contributed by atoms with Crippen molar-refractivity contribution in [3.63, 3.8) is 0 Å². The summed E-state index contributed by atoms with van der Waals surface area (Å²) in [5, 5.41) is 2.79. The number of benzene rings is 1. The summed E-state index contributed by atoms with van der Waals surface area (Å²) in [7, 11) is 0. The van der Waals surface area contributed by atoms with Crippen molar-refractivity contribution in [3.05, 3.63) is 75.7 Å². The first-order chi connectivity index (χ1) is 12.3. The number of rotatable bonds is 4. The zero-order valence-electron chi connectivity index (χ0n) is 13.9. The maximum Gasteiger partial charge on any atom is 0.252 e. The molecule has 1 aliphatic carbocycles. The Kier molecular flexibility index (Phi) is 4.97. The van der Waals surface area contributed by atoms with Crippen LogP contribution in [0.2, 0.25) is 0 Å². The third-order valence-electron chi connectivity index (χ3n) is 4.25. The lowest BCUT2D eigenvalue weighted by atomic mass is 9.97. The third kappa shape index (κ3) is 3.71.